The number of imidazole rings is 1. The lowest BCUT2D eigenvalue weighted by Gasteiger charge is -2.23. The zero-order valence-corrected chi connectivity index (χ0v) is 12.8. The summed E-state index contributed by atoms with van der Waals surface area (Å²) in [5, 5.41) is 3.59. The van der Waals surface area contributed by atoms with Crippen LogP contribution >= 0.6 is 0 Å². The lowest BCUT2D eigenvalue weighted by Crippen LogP contribution is -2.40. The Morgan fingerprint density at radius 2 is 2.00 bits per heavy atom. The quantitative estimate of drug-likeness (QED) is 0.802. The molecule has 0 aliphatic carbocycles. The van der Waals surface area contributed by atoms with Gasteiger partial charge in [0.05, 0.1) is 17.4 Å². The fourth-order valence-corrected chi connectivity index (χ4v) is 2.55. The molecular weight excluding hydrogens is 248 g/mol. The average molecular weight is 274 g/mol. The third kappa shape index (κ3) is 3.81. The van der Waals surface area contributed by atoms with Gasteiger partial charge in [0.1, 0.15) is 0 Å². The Labute approximate surface area is 121 Å². The molecular formula is C16H26N4. The van der Waals surface area contributed by atoms with E-state index in [2.05, 4.69) is 58.7 Å². The predicted molar refractivity (Wildman–Crippen MR) is 85.0 cm³/mol. The van der Waals surface area contributed by atoms with Crippen molar-refractivity contribution in [3.63, 3.8) is 0 Å². The SMILES string of the molecule is CCN(CC)CC(C)NCCn1cnc2ccccc21. The van der Waals surface area contributed by atoms with Crippen molar-refractivity contribution in [1.29, 1.82) is 0 Å². The Balaban J connectivity index is 1.81. The number of nitrogens with one attached hydrogen (secondary N) is 1. The van der Waals surface area contributed by atoms with Gasteiger partial charge in [-0.05, 0) is 32.1 Å². The summed E-state index contributed by atoms with van der Waals surface area (Å²) in [5.41, 5.74) is 2.29. The summed E-state index contributed by atoms with van der Waals surface area (Å²) in [6.07, 6.45) is 1.93. The molecule has 0 spiro atoms. The van der Waals surface area contributed by atoms with Crippen molar-refractivity contribution < 1.29 is 0 Å². The van der Waals surface area contributed by atoms with Crippen LogP contribution in [0.2, 0.25) is 0 Å². The van der Waals surface area contributed by atoms with Gasteiger partial charge in [-0.2, -0.15) is 0 Å². The van der Waals surface area contributed by atoms with E-state index >= 15 is 0 Å². The number of likely N-dealkylation sites (N-methyl/N-ethyl adjacent to an activating group) is 1. The number of nitrogens with zero attached hydrogens (tertiary/aromatic N) is 3. The highest BCUT2D eigenvalue weighted by Gasteiger charge is 2.06. The number of hydrogen-bond acceptors (Lipinski definition) is 3. The van der Waals surface area contributed by atoms with Crippen molar-refractivity contribution in [3.05, 3.63) is 30.6 Å². The molecule has 0 aliphatic heterocycles. The normalized spacial score (nSPS) is 13.2. The maximum Gasteiger partial charge on any atom is 0.0958 e. The van der Waals surface area contributed by atoms with Crippen LogP contribution in [0.5, 0.6) is 0 Å². The molecule has 0 amide bonds. The summed E-state index contributed by atoms with van der Waals surface area (Å²) in [6, 6.07) is 8.80. The Morgan fingerprint density at radius 1 is 1.25 bits per heavy atom. The molecule has 110 valence electrons. The van der Waals surface area contributed by atoms with Crippen LogP contribution in [0.3, 0.4) is 0 Å². The molecule has 20 heavy (non-hydrogen) atoms. The minimum Gasteiger partial charge on any atom is -0.329 e. The van der Waals surface area contributed by atoms with Gasteiger partial charge in [0.25, 0.3) is 0 Å². The van der Waals surface area contributed by atoms with Crippen molar-refractivity contribution in [2.45, 2.75) is 33.4 Å². The molecule has 1 aromatic carbocycles. The minimum atomic E-state index is 0.518. The van der Waals surface area contributed by atoms with E-state index in [9.17, 15) is 0 Å². The van der Waals surface area contributed by atoms with Crippen LogP contribution in [0.4, 0.5) is 0 Å². The van der Waals surface area contributed by atoms with Crippen LogP contribution in [0.15, 0.2) is 30.6 Å². The van der Waals surface area contributed by atoms with Gasteiger partial charge in [-0.15, -0.1) is 0 Å². The molecule has 4 nitrogen and oxygen atoms in total. The highest BCUT2D eigenvalue weighted by Crippen LogP contribution is 2.11. The fourth-order valence-electron chi connectivity index (χ4n) is 2.55. The summed E-state index contributed by atoms with van der Waals surface area (Å²) in [4.78, 5) is 6.87. The number of fused-ring (bicyclic) bond motifs is 1. The number of para-hydroxylation sites is 2. The number of hydrogen-bond donors (Lipinski definition) is 1. The van der Waals surface area contributed by atoms with Gasteiger partial charge < -0.3 is 14.8 Å². The Kier molecular flexibility index (Phi) is 5.56. The van der Waals surface area contributed by atoms with E-state index in [4.69, 9.17) is 0 Å². The van der Waals surface area contributed by atoms with E-state index < -0.39 is 0 Å². The van der Waals surface area contributed by atoms with Crippen LogP contribution in [0, 0.1) is 0 Å². The molecule has 0 saturated heterocycles. The summed E-state index contributed by atoms with van der Waals surface area (Å²) in [7, 11) is 0. The lowest BCUT2D eigenvalue weighted by molar-refractivity contribution is 0.270. The van der Waals surface area contributed by atoms with Crippen molar-refractivity contribution in [1.82, 2.24) is 19.8 Å². The molecule has 0 saturated carbocycles. The zero-order chi connectivity index (χ0) is 14.4. The predicted octanol–water partition coefficient (Wildman–Crippen LogP) is 2.36. The van der Waals surface area contributed by atoms with E-state index in [1.807, 2.05) is 12.4 Å². The highest BCUT2D eigenvalue weighted by atomic mass is 15.1. The molecule has 0 fully saturated rings. The third-order valence-electron chi connectivity index (χ3n) is 3.80. The zero-order valence-electron chi connectivity index (χ0n) is 12.8. The molecule has 2 aromatic rings. The summed E-state index contributed by atoms with van der Waals surface area (Å²) in [6.45, 7) is 12.0. The van der Waals surface area contributed by atoms with Gasteiger partial charge in [-0.25, -0.2) is 4.98 Å². The monoisotopic (exact) mass is 274 g/mol. The van der Waals surface area contributed by atoms with Crippen LogP contribution in [0.25, 0.3) is 11.0 Å². The summed E-state index contributed by atoms with van der Waals surface area (Å²) < 4.78 is 2.21. The van der Waals surface area contributed by atoms with Crippen LogP contribution in [-0.4, -0.2) is 46.7 Å². The standard InChI is InChI=1S/C16H26N4/c1-4-19(5-2)12-14(3)17-10-11-20-13-18-15-8-6-7-9-16(15)20/h6-9,13-14,17H,4-5,10-12H2,1-3H3. The van der Waals surface area contributed by atoms with Crippen LogP contribution in [-0.2, 0) is 6.54 Å². The second kappa shape index (κ2) is 7.41. The van der Waals surface area contributed by atoms with E-state index in [1.54, 1.807) is 0 Å². The van der Waals surface area contributed by atoms with Crippen LogP contribution < -0.4 is 5.32 Å². The molecule has 1 heterocycles. The molecule has 1 aromatic heterocycles. The molecule has 1 N–H and O–H groups in total. The Bertz CT molecular complexity index is 516. The van der Waals surface area contributed by atoms with E-state index in [1.165, 1.54) is 5.52 Å². The molecule has 0 aliphatic rings. The first-order valence-electron chi connectivity index (χ1n) is 7.60. The minimum absolute atomic E-state index is 0.518. The molecule has 0 radical (unpaired) electrons. The Hall–Kier alpha value is -1.39. The molecule has 4 heteroatoms. The van der Waals surface area contributed by atoms with Crippen molar-refractivity contribution in [3.8, 4) is 0 Å². The highest BCUT2D eigenvalue weighted by molar-refractivity contribution is 5.74. The average Bonchev–Trinajstić information content (AvgIpc) is 2.88. The lowest BCUT2D eigenvalue weighted by atomic mass is 10.3. The third-order valence-corrected chi connectivity index (χ3v) is 3.80. The maximum atomic E-state index is 4.42. The van der Waals surface area contributed by atoms with Gasteiger partial charge in [-0.1, -0.05) is 26.0 Å². The van der Waals surface area contributed by atoms with Gasteiger partial charge >= 0.3 is 0 Å². The molecule has 1 unspecified atom stereocenters. The summed E-state index contributed by atoms with van der Waals surface area (Å²) >= 11 is 0. The molecule has 0 bridgehead atoms. The number of aromatic nitrogens is 2. The summed E-state index contributed by atoms with van der Waals surface area (Å²) in [5.74, 6) is 0. The second-order valence-electron chi connectivity index (χ2n) is 5.27. The fraction of sp³-hybridized carbons (Fsp3) is 0.562. The first-order valence-corrected chi connectivity index (χ1v) is 7.60. The van der Waals surface area contributed by atoms with Crippen molar-refractivity contribution in [2.75, 3.05) is 26.2 Å². The smallest absolute Gasteiger partial charge is 0.0958 e. The van der Waals surface area contributed by atoms with Gasteiger partial charge in [0.2, 0.25) is 0 Å². The van der Waals surface area contributed by atoms with Gasteiger partial charge in [-0.3, -0.25) is 0 Å². The van der Waals surface area contributed by atoms with E-state index in [0.29, 0.717) is 6.04 Å². The molecule has 1 atom stereocenters. The van der Waals surface area contributed by atoms with Gasteiger partial charge in [0, 0.05) is 25.7 Å². The number of benzene rings is 1. The first kappa shape index (κ1) is 15.0. The topological polar surface area (TPSA) is 33.1 Å². The van der Waals surface area contributed by atoms with E-state index in [0.717, 1.165) is 38.2 Å². The van der Waals surface area contributed by atoms with E-state index in [-0.39, 0.29) is 0 Å². The molecule has 2 rings (SSSR count). The Morgan fingerprint density at radius 3 is 2.75 bits per heavy atom. The largest absolute Gasteiger partial charge is 0.329 e. The van der Waals surface area contributed by atoms with Crippen molar-refractivity contribution in [2.24, 2.45) is 0 Å². The maximum absolute atomic E-state index is 4.42. The first-order chi connectivity index (χ1) is 9.74. The second-order valence-corrected chi connectivity index (χ2v) is 5.27. The van der Waals surface area contributed by atoms with Crippen molar-refractivity contribution >= 4 is 11.0 Å². The van der Waals surface area contributed by atoms with Crippen LogP contribution in [0.1, 0.15) is 20.8 Å². The number of rotatable bonds is 8. The van der Waals surface area contributed by atoms with Gasteiger partial charge in [0.15, 0.2) is 0 Å².